The summed E-state index contributed by atoms with van der Waals surface area (Å²) in [4.78, 5) is 3.40. The zero-order chi connectivity index (χ0) is 18.3. The lowest BCUT2D eigenvalue weighted by molar-refractivity contribution is 1.30. The minimum absolute atomic E-state index is 0.525. The number of nitrogens with zero attached hydrogens (tertiary/aromatic N) is 1. The Bertz CT molecular complexity index is 1070. The Labute approximate surface area is 151 Å². The normalized spacial score (nSPS) is 11.0. The standard InChI is InChI=1S/C21H19N4O/c1-13-2-11-18-19(12-13)24-20(14-3-5-15(22)6-4-14)21(18)25(26)17-9-7-16(23)8-10-17/h2-12,24H,22-23H2,1H3/q-1. The number of fused-ring (bicyclic) bond motifs is 1. The second-order valence-corrected chi connectivity index (χ2v) is 6.41. The molecule has 0 amide bonds. The molecule has 0 radical (unpaired) electrons. The van der Waals surface area contributed by atoms with Crippen LogP contribution in [0.1, 0.15) is 5.56 Å². The molecule has 0 spiro atoms. The highest BCUT2D eigenvalue weighted by atomic mass is 16.5. The summed E-state index contributed by atoms with van der Waals surface area (Å²) in [6, 6.07) is 20.4. The average molecular weight is 343 g/mol. The SMILES string of the molecule is Cc1ccc2c(N([O-])c3ccc(N)cc3)c(-c3ccc(N)cc3)[nH]c2c1. The highest BCUT2D eigenvalue weighted by Crippen LogP contribution is 2.41. The quantitative estimate of drug-likeness (QED) is 0.362. The molecule has 3 aromatic carbocycles. The zero-order valence-electron chi connectivity index (χ0n) is 14.4. The highest BCUT2D eigenvalue weighted by molar-refractivity contribution is 6.04. The van der Waals surface area contributed by atoms with Crippen LogP contribution in [0.25, 0.3) is 22.2 Å². The van der Waals surface area contributed by atoms with Gasteiger partial charge in [0.25, 0.3) is 0 Å². The Kier molecular flexibility index (Phi) is 3.78. The summed E-state index contributed by atoms with van der Waals surface area (Å²) in [6.07, 6.45) is 0. The summed E-state index contributed by atoms with van der Waals surface area (Å²) in [6.45, 7) is 2.03. The second kappa shape index (κ2) is 6.13. The summed E-state index contributed by atoms with van der Waals surface area (Å²) in [7, 11) is 0. The number of anilines is 4. The van der Waals surface area contributed by atoms with E-state index >= 15 is 0 Å². The van der Waals surface area contributed by atoms with Gasteiger partial charge in [0, 0.05) is 33.5 Å². The first-order valence-electron chi connectivity index (χ1n) is 8.34. The monoisotopic (exact) mass is 343 g/mol. The van der Waals surface area contributed by atoms with Crippen LogP contribution in [0.4, 0.5) is 22.7 Å². The molecule has 0 unspecified atom stereocenters. The summed E-state index contributed by atoms with van der Waals surface area (Å²) < 4.78 is 0. The van der Waals surface area contributed by atoms with Crippen molar-refractivity contribution in [2.24, 2.45) is 0 Å². The number of rotatable bonds is 3. The molecule has 4 aromatic rings. The van der Waals surface area contributed by atoms with Crippen molar-refractivity contribution in [3.05, 3.63) is 77.5 Å². The Balaban J connectivity index is 1.94. The number of nitrogen functional groups attached to an aromatic ring is 2. The summed E-state index contributed by atoms with van der Waals surface area (Å²) in [5, 5.41) is 15.0. The number of aromatic amines is 1. The van der Waals surface area contributed by atoms with Gasteiger partial charge in [-0.3, -0.25) is 0 Å². The van der Waals surface area contributed by atoms with E-state index in [1.807, 2.05) is 49.4 Å². The lowest BCUT2D eigenvalue weighted by Crippen LogP contribution is -2.07. The van der Waals surface area contributed by atoms with E-state index in [2.05, 4.69) is 4.98 Å². The largest absolute Gasteiger partial charge is 0.754 e. The van der Waals surface area contributed by atoms with Crippen LogP contribution < -0.4 is 16.5 Å². The number of nitrogens with two attached hydrogens (primary N) is 2. The van der Waals surface area contributed by atoms with E-state index in [-0.39, 0.29) is 0 Å². The maximum absolute atomic E-state index is 13.2. The van der Waals surface area contributed by atoms with Crippen LogP contribution >= 0.6 is 0 Å². The van der Waals surface area contributed by atoms with Crippen LogP contribution in [0.2, 0.25) is 0 Å². The van der Waals surface area contributed by atoms with Gasteiger partial charge in [-0.05, 0) is 55.0 Å². The van der Waals surface area contributed by atoms with Crippen LogP contribution in [0.5, 0.6) is 0 Å². The van der Waals surface area contributed by atoms with Gasteiger partial charge in [-0.15, -0.1) is 0 Å². The van der Waals surface area contributed by atoms with Gasteiger partial charge in [0.05, 0.1) is 11.4 Å². The molecule has 0 fully saturated rings. The fourth-order valence-electron chi connectivity index (χ4n) is 3.10. The van der Waals surface area contributed by atoms with Gasteiger partial charge in [0.2, 0.25) is 0 Å². The van der Waals surface area contributed by atoms with Crippen LogP contribution in [-0.4, -0.2) is 4.98 Å². The van der Waals surface area contributed by atoms with E-state index in [0.717, 1.165) is 32.8 Å². The number of aromatic nitrogens is 1. The van der Waals surface area contributed by atoms with E-state index in [4.69, 9.17) is 11.5 Å². The number of benzene rings is 3. The Morgan fingerprint density at radius 2 is 1.46 bits per heavy atom. The Hall–Kier alpha value is -3.44. The molecule has 1 aromatic heterocycles. The molecule has 0 atom stereocenters. The van der Waals surface area contributed by atoms with Crippen molar-refractivity contribution in [2.45, 2.75) is 6.92 Å². The second-order valence-electron chi connectivity index (χ2n) is 6.41. The van der Waals surface area contributed by atoms with Gasteiger partial charge in [0.15, 0.2) is 0 Å². The molecule has 0 aliphatic heterocycles. The van der Waals surface area contributed by atoms with Crippen LogP contribution in [0.3, 0.4) is 0 Å². The van der Waals surface area contributed by atoms with Crippen molar-refractivity contribution in [3.8, 4) is 11.3 Å². The lowest BCUT2D eigenvalue weighted by atomic mass is 10.1. The number of H-pyrrole nitrogens is 1. The number of aryl methyl sites for hydroxylation is 1. The lowest BCUT2D eigenvalue weighted by Gasteiger charge is -2.31. The molecule has 130 valence electrons. The predicted octanol–water partition coefficient (Wildman–Crippen LogP) is 4.94. The van der Waals surface area contributed by atoms with Gasteiger partial charge in [-0.2, -0.15) is 0 Å². The number of hydrogen-bond donors (Lipinski definition) is 3. The highest BCUT2D eigenvalue weighted by Gasteiger charge is 2.15. The first-order valence-corrected chi connectivity index (χ1v) is 8.34. The van der Waals surface area contributed by atoms with Gasteiger partial charge in [-0.25, -0.2) is 0 Å². The maximum Gasteiger partial charge on any atom is 0.0698 e. The first kappa shape index (κ1) is 16.1. The van der Waals surface area contributed by atoms with Crippen molar-refractivity contribution < 1.29 is 0 Å². The van der Waals surface area contributed by atoms with Crippen molar-refractivity contribution in [1.82, 2.24) is 4.98 Å². The van der Waals surface area contributed by atoms with E-state index in [1.54, 1.807) is 24.3 Å². The molecule has 0 aliphatic rings. The van der Waals surface area contributed by atoms with Crippen molar-refractivity contribution in [2.75, 3.05) is 16.5 Å². The molecule has 0 saturated carbocycles. The van der Waals surface area contributed by atoms with Gasteiger partial charge >= 0.3 is 0 Å². The Morgan fingerprint density at radius 1 is 0.846 bits per heavy atom. The molecule has 5 N–H and O–H groups in total. The van der Waals surface area contributed by atoms with Crippen molar-refractivity contribution in [1.29, 1.82) is 0 Å². The predicted molar refractivity (Wildman–Crippen MR) is 109 cm³/mol. The molecule has 1 heterocycles. The Morgan fingerprint density at radius 3 is 2.12 bits per heavy atom. The molecule has 4 rings (SSSR count). The average Bonchev–Trinajstić information content (AvgIpc) is 3.00. The first-order chi connectivity index (χ1) is 12.5. The van der Waals surface area contributed by atoms with Crippen LogP contribution in [-0.2, 0) is 0 Å². The van der Waals surface area contributed by atoms with Crippen molar-refractivity contribution >= 4 is 33.7 Å². The fraction of sp³-hybridized carbons (Fsp3) is 0.0476. The van der Waals surface area contributed by atoms with E-state index in [9.17, 15) is 5.21 Å². The summed E-state index contributed by atoms with van der Waals surface area (Å²) in [5.74, 6) is 0. The van der Waals surface area contributed by atoms with Gasteiger partial charge in [0.1, 0.15) is 0 Å². The smallest absolute Gasteiger partial charge is 0.0698 e. The molecule has 26 heavy (non-hydrogen) atoms. The minimum Gasteiger partial charge on any atom is -0.754 e. The molecule has 5 nitrogen and oxygen atoms in total. The minimum atomic E-state index is 0.525. The van der Waals surface area contributed by atoms with Crippen LogP contribution in [0.15, 0.2) is 66.7 Å². The summed E-state index contributed by atoms with van der Waals surface area (Å²) in [5.41, 5.74) is 17.7. The number of hydrogen-bond acceptors (Lipinski definition) is 4. The van der Waals surface area contributed by atoms with Crippen molar-refractivity contribution in [3.63, 3.8) is 0 Å². The maximum atomic E-state index is 13.2. The van der Waals surface area contributed by atoms with Gasteiger partial charge < -0.3 is 26.7 Å². The van der Waals surface area contributed by atoms with Crippen LogP contribution in [0, 0.1) is 12.1 Å². The zero-order valence-corrected chi connectivity index (χ0v) is 14.4. The third-order valence-corrected chi connectivity index (χ3v) is 4.46. The fourth-order valence-corrected chi connectivity index (χ4v) is 3.10. The topological polar surface area (TPSA) is 94.1 Å². The molecule has 0 saturated heterocycles. The van der Waals surface area contributed by atoms with E-state index < -0.39 is 0 Å². The number of nitrogens with one attached hydrogen (secondary N) is 1. The van der Waals surface area contributed by atoms with Gasteiger partial charge in [-0.1, -0.05) is 24.3 Å². The molecular weight excluding hydrogens is 324 g/mol. The third-order valence-electron chi connectivity index (χ3n) is 4.46. The summed E-state index contributed by atoms with van der Waals surface area (Å²) >= 11 is 0. The molecule has 0 bridgehead atoms. The van der Waals surface area contributed by atoms with E-state index in [0.29, 0.717) is 22.7 Å². The van der Waals surface area contributed by atoms with E-state index in [1.165, 1.54) is 0 Å². The third kappa shape index (κ3) is 2.74. The molecular formula is C21H19N4O-. The molecule has 0 aliphatic carbocycles. The molecule has 5 heteroatoms.